The third-order valence-corrected chi connectivity index (χ3v) is 4.05. The molecule has 0 unspecified atom stereocenters. The van der Waals surface area contributed by atoms with Crippen LogP contribution in [0.2, 0.25) is 5.02 Å². The zero-order valence-electron chi connectivity index (χ0n) is 14.7. The summed E-state index contributed by atoms with van der Waals surface area (Å²) >= 11 is 5.84. The van der Waals surface area contributed by atoms with Crippen LogP contribution in [0.15, 0.2) is 41.4 Å². The first-order valence-corrected chi connectivity index (χ1v) is 8.22. The van der Waals surface area contributed by atoms with E-state index in [0.717, 1.165) is 16.7 Å². The fourth-order valence-corrected chi connectivity index (χ4v) is 2.77. The molecule has 4 nitrogen and oxygen atoms in total. The number of methoxy groups -OCH3 is 1. The first kappa shape index (κ1) is 18.9. The van der Waals surface area contributed by atoms with Gasteiger partial charge in [-0.2, -0.15) is 0 Å². The van der Waals surface area contributed by atoms with Gasteiger partial charge >= 0.3 is 5.97 Å². The maximum absolute atomic E-state index is 12.5. The molecule has 0 bridgehead atoms. The van der Waals surface area contributed by atoms with Crippen LogP contribution in [0.5, 0.6) is 0 Å². The standard InChI is InChI=1S/C20H20ClNO3/c1-12-9-13(2)19(14(3)10-12)22-17(20(24)25-4)11-18(23)15-5-7-16(21)8-6-15/h5-10H,11H2,1-4H3. The van der Waals surface area contributed by atoms with Gasteiger partial charge in [0, 0.05) is 10.6 Å². The molecule has 0 heterocycles. The Morgan fingerprint density at radius 2 is 1.60 bits per heavy atom. The Labute approximate surface area is 152 Å². The van der Waals surface area contributed by atoms with Crippen molar-refractivity contribution in [3.8, 4) is 0 Å². The molecule has 0 fully saturated rings. The highest BCUT2D eigenvalue weighted by Crippen LogP contribution is 2.26. The molecule has 2 aromatic carbocycles. The molecule has 130 valence electrons. The topological polar surface area (TPSA) is 55.7 Å². The van der Waals surface area contributed by atoms with Crippen molar-refractivity contribution in [2.24, 2.45) is 4.99 Å². The van der Waals surface area contributed by atoms with Gasteiger partial charge in [0.05, 0.1) is 19.2 Å². The number of hydrogen-bond donors (Lipinski definition) is 0. The summed E-state index contributed by atoms with van der Waals surface area (Å²) in [7, 11) is 1.28. The van der Waals surface area contributed by atoms with Gasteiger partial charge in [-0.1, -0.05) is 29.3 Å². The number of halogens is 1. The Balaban J connectivity index is 2.38. The average Bonchev–Trinajstić information content (AvgIpc) is 2.56. The van der Waals surface area contributed by atoms with Crippen LogP contribution in [0.4, 0.5) is 5.69 Å². The number of benzene rings is 2. The predicted molar refractivity (Wildman–Crippen MR) is 100 cm³/mol. The Hall–Kier alpha value is -2.46. The first-order valence-electron chi connectivity index (χ1n) is 7.84. The lowest BCUT2D eigenvalue weighted by Gasteiger charge is -2.10. The molecule has 0 N–H and O–H groups in total. The Morgan fingerprint density at radius 1 is 1.04 bits per heavy atom. The second-order valence-corrected chi connectivity index (χ2v) is 6.34. The Morgan fingerprint density at radius 3 is 2.12 bits per heavy atom. The molecular weight excluding hydrogens is 338 g/mol. The van der Waals surface area contributed by atoms with E-state index in [1.165, 1.54) is 7.11 Å². The molecule has 0 aliphatic rings. The molecule has 0 saturated carbocycles. The van der Waals surface area contributed by atoms with E-state index in [9.17, 15) is 9.59 Å². The van der Waals surface area contributed by atoms with Crippen LogP contribution >= 0.6 is 11.6 Å². The van der Waals surface area contributed by atoms with Crippen molar-refractivity contribution >= 4 is 34.8 Å². The fraction of sp³-hybridized carbons (Fsp3) is 0.250. The summed E-state index contributed by atoms with van der Waals surface area (Å²) < 4.78 is 4.80. The lowest BCUT2D eigenvalue weighted by atomic mass is 10.0. The molecule has 0 aromatic heterocycles. The summed E-state index contributed by atoms with van der Waals surface area (Å²) in [6, 6.07) is 10.5. The normalized spacial score (nSPS) is 11.3. The summed E-state index contributed by atoms with van der Waals surface area (Å²) in [5, 5.41) is 0.546. The van der Waals surface area contributed by atoms with Gasteiger partial charge in [0.15, 0.2) is 5.78 Å². The van der Waals surface area contributed by atoms with Crippen LogP contribution in [0.25, 0.3) is 0 Å². The number of nitrogens with zero attached hydrogens (tertiary/aromatic N) is 1. The SMILES string of the molecule is COC(=O)C(CC(=O)c1ccc(Cl)cc1)=Nc1c(C)cc(C)cc1C. The number of carbonyl (C=O) groups excluding carboxylic acids is 2. The van der Waals surface area contributed by atoms with Gasteiger partial charge in [-0.15, -0.1) is 0 Å². The third kappa shape index (κ3) is 4.77. The molecule has 0 amide bonds. The number of Topliss-reactive ketones (excluding diaryl/α,β-unsaturated/α-hetero) is 1. The van der Waals surface area contributed by atoms with Gasteiger partial charge in [0.2, 0.25) is 0 Å². The van der Waals surface area contributed by atoms with Gasteiger partial charge in [-0.05, 0) is 56.2 Å². The van der Waals surface area contributed by atoms with Crippen molar-refractivity contribution in [3.63, 3.8) is 0 Å². The summed E-state index contributed by atoms with van der Waals surface area (Å²) in [5.74, 6) is -0.829. The molecule has 0 spiro atoms. The summed E-state index contributed by atoms with van der Waals surface area (Å²) in [4.78, 5) is 29.0. The number of esters is 1. The minimum Gasteiger partial charge on any atom is -0.465 e. The largest absolute Gasteiger partial charge is 0.465 e. The van der Waals surface area contributed by atoms with Crippen LogP contribution in [0, 0.1) is 20.8 Å². The van der Waals surface area contributed by atoms with Gasteiger partial charge in [0.25, 0.3) is 0 Å². The van der Waals surface area contributed by atoms with Crippen LogP contribution in [-0.2, 0) is 9.53 Å². The quantitative estimate of drug-likeness (QED) is 0.439. The molecule has 0 radical (unpaired) electrons. The molecule has 0 aliphatic carbocycles. The summed E-state index contributed by atoms with van der Waals surface area (Å²) in [6.07, 6.45) is -0.138. The van der Waals surface area contributed by atoms with Gasteiger partial charge in [-0.3, -0.25) is 4.79 Å². The van der Waals surface area contributed by atoms with E-state index in [-0.39, 0.29) is 17.9 Å². The monoisotopic (exact) mass is 357 g/mol. The number of aryl methyl sites for hydroxylation is 3. The number of rotatable bonds is 5. The Kier molecular flexibility index (Phi) is 6.10. The highest BCUT2D eigenvalue weighted by Gasteiger charge is 2.19. The smallest absolute Gasteiger partial charge is 0.352 e. The lowest BCUT2D eigenvalue weighted by molar-refractivity contribution is -0.132. The van der Waals surface area contributed by atoms with Crippen molar-refractivity contribution in [1.29, 1.82) is 0 Å². The summed E-state index contributed by atoms with van der Waals surface area (Å²) in [5.41, 5.74) is 4.24. The van der Waals surface area contributed by atoms with E-state index in [1.807, 2.05) is 32.9 Å². The molecular formula is C20H20ClNO3. The molecule has 2 aromatic rings. The molecule has 0 saturated heterocycles. The van der Waals surface area contributed by atoms with Gasteiger partial charge in [0.1, 0.15) is 5.71 Å². The van der Waals surface area contributed by atoms with Crippen molar-refractivity contribution in [3.05, 3.63) is 63.7 Å². The number of carbonyl (C=O) groups is 2. The van der Waals surface area contributed by atoms with E-state index >= 15 is 0 Å². The van der Waals surface area contributed by atoms with E-state index in [1.54, 1.807) is 24.3 Å². The first-order chi connectivity index (χ1) is 11.8. The van der Waals surface area contributed by atoms with Gasteiger partial charge < -0.3 is 4.74 Å². The van der Waals surface area contributed by atoms with Crippen LogP contribution in [0.1, 0.15) is 33.5 Å². The van der Waals surface area contributed by atoms with E-state index in [4.69, 9.17) is 16.3 Å². The zero-order valence-corrected chi connectivity index (χ0v) is 15.5. The van der Waals surface area contributed by atoms with Crippen LogP contribution in [0.3, 0.4) is 0 Å². The van der Waals surface area contributed by atoms with Crippen LogP contribution < -0.4 is 0 Å². The van der Waals surface area contributed by atoms with Crippen molar-refractivity contribution in [1.82, 2.24) is 0 Å². The number of aliphatic imine (C=N–C) groups is 1. The Bertz CT molecular complexity index is 816. The minimum atomic E-state index is -0.610. The average molecular weight is 358 g/mol. The lowest BCUT2D eigenvalue weighted by Crippen LogP contribution is -2.20. The molecule has 2 rings (SSSR count). The fourth-order valence-electron chi connectivity index (χ4n) is 2.65. The second kappa shape index (κ2) is 8.08. The van der Waals surface area contributed by atoms with Crippen LogP contribution in [-0.4, -0.2) is 24.6 Å². The molecule has 5 heteroatoms. The number of hydrogen-bond acceptors (Lipinski definition) is 4. The highest BCUT2D eigenvalue weighted by molar-refractivity contribution is 6.41. The maximum atomic E-state index is 12.5. The van der Waals surface area contributed by atoms with Crippen molar-refractivity contribution in [2.75, 3.05) is 7.11 Å². The van der Waals surface area contributed by atoms with Gasteiger partial charge in [-0.25, -0.2) is 9.79 Å². The number of ketones is 1. The third-order valence-electron chi connectivity index (χ3n) is 3.80. The van der Waals surface area contributed by atoms with E-state index < -0.39 is 5.97 Å². The molecule has 0 atom stereocenters. The number of ether oxygens (including phenoxy) is 1. The van der Waals surface area contributed by atoms with E-state index in [2.05, 4.69) is 4.99 Å². The zero-order chi connectivity index (χ0) is 18.6. The maximum Gasteiger partial charge on any atom is 0.352 e. The molecule has 0 aliphatic heterocycles. The second-order valence-electron chi connectivity index (χ2n) is 5.90. The van der Waals surface area contributed by atoms with Crippen molar-refractivity contribution in [2.45, 2.75) is 27.2 Å². The predicted octanol–water partition coefficient (Wildman–Crippen LogP) is 4.78. The molecule has 25 heavy (non-hydrogen) atoms. The van der Waals surface area contributed by atoms with Crippen molar-refractivity contribution < 1.29 is 14.3 Å². The minimum absolute atomic E-state index is 0.0810. The highest BCUT2D eigenvalue weighted by atomic mass is 35.5. The van der Waals surface area contributed by atoms with E-state index in [0.29, 0.717) is 16.3 Å². The summed E-state index contributed by atoms with van der Waals surface area (Å²) in [6.45, 7) is 5.85.